The SMILES string of the molecule is COc1ccc(C(Nc2ncnc3c2[nH]c(=O)n3[C@@H]2O[C@H](COP(OC)N(C(C)C)C(C)C)[C@H]3OC(C)(C)O[C@H]32)(c2ccccc2)c2ccc(OC)cc2)cc1. The van der Waals surface area contributed by atoms with Crippen LogP contribution in [-0.2, 0) is 28.8 Å². The van der Waals surface area contributed by atoms with E-state index in [-0.39, 0.29) is 18.7 Å². The second-order valence-corrected chi connectivity index (χ2v) is 16.4. The van der Waals surface area contributed by atoms with Crippen LogP contribution in [0, 0.1) is 0 Å². The Hall–Kier alpha value is -4.40. The number of benzene rings is 3. The number of aromatic nitrogens is 4. The Balaban J connectivity index is 1.30. The molecule has 1 unspecified atom stereocenters. The number of anilines is 1. The van der Waals surface area contributed by atoms with Crippen LogP contribution in [0.2, 0.25) is 0 Å². The molecule has 15 heteroatoms. The van der Waals surface area contributed by atoms with Gasteiger partial charge in [0.2, 0.25) is 0 Å². The molecule has 2 aliphatic heterocycles. The Labute approximate surface area is 328 Å². The highest BCUT2D eigenvalue weighted by Gasteiger charge is 2.57. The van der Waals surface area contributed by atoms with Crippen LogP contribution < -0.4 is 20.5 Å². The normalized spacial score (nSPS) is 21.2. The zero-order chi connectivity index (χ0) is 39.8. The fourth-order valence-corrected chi connectivity index (χ4v) is 9.31. The molecule has 5 aromatic rings. The highest BCUT2D eigenvalue weighted by molar-refractivity contribution is 7.44. The molecule has 5 atom stereocenters. The van der Waals surface area contributed by atoms with Gasteiger partial charge < -0.3 is 43.0 Å². The molecule has 0 amide bonds. The number of fused-ring (bicyclic) bond motifs is 2. The predicted molar refractivity (Wildman–Crippen MR) is 214 cm³/mol. The van der Waals surface area contributed by atoms with Gasteiger partial charge in [0.15, 0.2) is 23.5 Å². The average Bonchev–Trinajstić information content (AvgIpc) is 3.82. The van der Waals surface area contributed by atoms with E-state index in [2.05, 4.69) is 59.8 Å². The molecular weight excluding hydrogens is 735 g/mol. The molecular formula is C41H51N6O8P. The summed E-state index contributed by atoms with van der Waals surface area (Å²) in [5, 5.41) is 3.78. The largest absolute Gasteiger partial charge is 0.497 e. The van der Waals surface area contributed by atoms with Crippen molar-refractivity contribution in [2.45, 2.75) is 89.5 Å². The van der Waals surface area contributed by atoms with E-state index in [1.165, 1.54) is 10.9 Å². The first-order chi connectivity index (χ1) is 26.9. The van der Waals surface area contributed by atoms with Gasteiger partial charge in [-0.2, -0.15) is 0 Å². The molecule has 2 saturated heterocycles. The van der Waals surface area contributed by atoms with Crippen molar-refractivity contribution >= 4 is 25.5 Å². The second kappa shape index (κ2) is 16.2. The molecule has 3 aromatic carbocycles. The lowest BCUT2D eigenvalue weighted by molar-refractivity contribution is -0.199. The van der Waals surface area contributed by atoms with Crippen LogP contribution >= 0.6 is 8.53 Å². The molecule has 2 fully saturated rings. The van der Waals surface area contributed by atoms with Gasteiger partial charge in [0.1, 0.15) is 47.2 Å². The molecule has 0 spiro atoms. The van der Waals surface area contributed by atoms with Crippen LogP contribution in [0.3, 0.4) is 0 Å². The minimum absolute atomic E-state index is 0.162. The summed E-state index contributed by atoms with van der Waals surface area (Å²) in [6.07, 6.45) is -1.18. The Morgan fingerprint density at radius 1 is 0.857 bits per heavy atom. The molecule has 2 aromatic heterocycles. The van der Waals surface area contributed by atoms with Crippen LogP contribution in [0.15, 0.2) is 90.0 Å². The van der Waals surface area contributed by atoms with E-state index in [1.54, 1.807) is 21.3 Å². The first-order valence-corrected chi connectivity index (χ1v) is 19.9. The molecule has 4 heterocycles. The standard InChI is InChI=1S/C41H51N6O8P/c1-25(2)47(26(3)4)56(51-9)52-23-32-34-35(55-40(5,6)54-34)38(53-32)46-37-33(44-39(46)48)36(42-24-43-37)45-41(27-13-11-10-12-14-27,28-15-19-30(49-7)20-16-28)29-17-21-31(50-8)22-18-29/h10-22,24-26,32,34-35,38H,23H2,1-9H3,(H,44,48)(H,42,43,45)/t32-,34-,35-,38-,56?/m1/s1. The number of hydrogen-bond donors (Lipinski definition) is 2. The van der Waals surface area contributed by atoms with Gasteiger partial charge in [0.05, 0.1) is 20.8 Å². The van der Waals surface area contributed by atoms with Crippen molar-refractivity contribution in [3.8, 4) is 11.5 Å². The molecule has 56 heavy (non-hydrogen) atoms. The number of H-pyrrole nitrogens is 1. The maximum absolute atomic E-state index is 14.2. The Morgan fingerprint density at radius 2 is 1.43 bits per heavy atom. The molecule has 0 aliphatic carbocycles. The summed E-state index contributed by atoms with van der Waals surface area (Å²) in [7, 11) is 3.53. The van der Waals surface area contributed by atoms with Gasteiger partial charge in [0, 0.05) is 19.2 Å². The topological polar surface area (TPSA) is 143 Å². The minimum Gasteiger partial charge on any atom is -0.497 e. The van der Waals surface area contributed by atoms with Crippen molar-refractivity contribution in [1.29, 1.82) is 0 Å². The lowest BCUT2D eigenvalue weighted by Crippen LogP contribution is -2.38. The first-order valence-electron chi connectivity index (χ1n) is 18.7. The van der Waals surface area contributed by atoms with Crippen molar-refractivity contribution in [3.05, 3.63) is 112 Å². The summed E-state index contributed by atoms with van der Waals surface area (Å²) in [6, 6.07) is 26.2. The monoisotopic (exact) mass is 786 g/mol. The second-order valence-electron chi connectivity index (χ2n) is 14.8. The maximum atomic E-state index is 14.2. The summed E-state index contributed by atoms with van der Waals surface area (Å²) >= 11 is 0. The molecule has 14 nitrogen and oxygen atoms in total. The van der Waals surface area contributed by atoms with E-state index in [4.69, 9.17) is 37.7 Å². The number of imidazole rings is 1. The first kappa shape index (κ1) is 39.8. The number of nitrogens with zero attached hydrogens (tertiary/aromatic N) is 4. The van der Waals surface area contributed by atoms with Crippen molar-refractivity contribution in [3.63, 3.8) is 0 Å². The molecule has 2 N–H and O–H groups in total. The fourth-order valence-electron chi connectivity index (χ4n) is 7.86. The van der Waals surface area contributed by atoms with Gasteiger partial charge in [0.25, 0.3) is 8.53 Å². The fraction of sp³-hybridized carbons (Fsp3) is 0.439. The quantitative estimate of drug-likeness (QED) is 0.0836. The van der Waals surface area contributed by atoms with Gasteiger partial charge in [-0.3, -0.25) is 0 Å². The van der Waals surface area contributed by atoms with E-state index >= 15 is 0 Å². The van der Waals surface area contributed by atoms with Crippen molar-refractivity contribution in [2.75, 3.05) is 33.3 Å². The van der Waals surface area contributed by atoms with Crippen LogP contribution in [0.25, 0.3) is 11.2 Å². The third-order valence-corrected chi connectivity index (χ3v) is 12.2. The Morgan fingerprint density at radius 3 is 1.98 bits per heavy atom. The van der Waals surface area contributed by atoms with Crippen molar-refractivity contribution < 1.29 is 32.7 Å². The summed E-state index contributed by atoms with van der Waals surface area (Å²) < 4.78 is 46.5. The Bertz CT molecular complexity index is 2090. The summed E-state index contributed by atoms with van der Waals surface area (Å²) in [4.78, 5) is 26.6. The number of ether oxygens (including phenoxy) is 5. The summed E-state index contributed by atoms with van der Waals surface area (Å²) in [5.74, 6) is 0.902. The highest BCUT2D eigenvalue weighted by atomic mass is 31.2. The predicted octanol–water partition coefficient (Wildman–Crippen LogP) is 6.97. The molecule has 0 saturated carbocycles. The average molecular weight is 787 g/mol. The van der Waals surface area contributed by atoms with Crippen LogP contribution in [0.4, 0.5) is 5.82 Å². The number of aromatic amines is 1. The summed E-state index contributed by atoms with van der Waals surface area (Å²) in [6.45, 7) is 12.3. The van der Waals surface area contributed by atoms with Gasteiger partial charge in [-0.15, -0.1) is 0 Å². The number of nitrogens with one attached hydrogen (secondary N) is 2. The molecule has 7 rings (SSSR count). The van der Waals surface area contributed by atoms with E-state index in [0.717, 1.165) is 16.7 Å². The highest BCUT2D eigenvalue weighted by Crippen LogP contribution is 2.49. The van der Waals surface area contributed by atoms with Gasteiger partial charge in [-0.1, -0.05) is 54.6 Å². The van der Waals surface area contributed by atoms with Gasteiger partial charge in [-0.25, -0.2) is 24.0 Å². The number of methoxy groups -OCH3 is 2. The van der Waals surface area contributed by atoms with Crippen LogP contribution in [0.5, 0.6) is 11.5 Å². The molecule has 0 radical (unpaired) electrons. The smallest absolute Gasteiger partial charge is 0.330 e. The molecule has 0 bridgehead atoms. The van der Waals surface area contributed by atoms with Crippen LogP contribution in [0.1, 0.15) is 64.5 Å². The lowest BCUT2D eigenvalue weighted by Gasteiger charge is -2.37. The third-order valence-electron chi connectivity index (χ3n) is 10.2. The van der Waals surface area contributed by atoms with E-state index < -0.39 is 50.1 Å². The van der Waals surface area contributed by atoms with Crippen molar-refractivity contribution in [2.24, 2.45) is 0 Å². The minimum atomic E-state index is -1.39. The van der Waals surface area contributed by atoms with E-state index in [1.807, 2.05) is 80.6 Å². The van der Waals surface area contributed by atoms with E-state index in [0.29, 0.717) is 28.5 Å². The van der Waals surface area contributed by atoms with E-state index in [9.17, 15) is 4.79 Å². The van der Waals surface area contributed by atoms with Gasteiger partial charge >= 0.3 is 5.69 Å². The van der Waals surface area contributed by atoms with Crippen molar-refractivity contribution in [1.82, 2.24) is 24.2 Å². The lowest BCUT2D eigenvalue weighted by atomic mass is 9.77. The molecule has 298 valence electrons. The molecule has 2 aliphatic rings. The number of rotatable bonds is 15. The number of hydrogen-bond acceptors (Lipinski definition) is 12. The Kier molecular flexibility index (Phi) is 11.5. The third kappa shape index (κ3) is 7.43. The van der Waals surface area contributed by atoms with Gasteiger partial charge in [-0.05, 0) is 82.5 Å². The maximum Gasteiger partial charge on any atom is 0.330 e. The summed E-state index contributed by atoms with van der Waals surface area (Å²) in [5.41, 5.74) is 2.01. The zero-order valence-electron chi connectivity index (χ0n) is 33.3. The van der Waals surface area contributed by atoms with Crippen LogP contribution in [-0.4, -0.2) is 88.3 Å². The zero-order valence-corrected chi connectivity index (χ0v) is 34.2.